The Morgan fingerprint density at radius 1 is 1.25 bits per heavy atom. The van der Waals surface area contributed by atoms with Crippen molar-refractivity contribution in [3.63, 3.8) is 0 Å². The smallest absolute Gasteiger partial charge is 0.258 e. The Kier molecular flexibility index (Phi) is 4.44. The van der Waals surface area contributed by atoms with Gasteiger partial charge in [-0.1, -0.05) is 18.2 Å². The molecule has 0 aliphatic rings. The summed E-state index contributed by atoms with van der Waals surface area (Å²) >= 11 is 0. The number of hydrogen-bond donors (Lipinski definition) is 0. The Balaban J connectivity index is 1.87. The molecule has 0 saturated heterocycles. The van der Waals surface area contributed by atoms with Gasteiger partial charge in [-0.25, -0.2) is 9.37 Å². The van der Waals surface area contributed by atoms with Crippen LogP contribution in [0.1, 0.15) is 29.8 Å². The predicted molar refractivity (Wildman–Crippen MR) is 92.5 cm³/mol. The summed E-state index contributed by atoms with van der Waals surface area (Å²) in [4.78, 5) is 19.0. The lowest BCUT2D eigenvalue weighted by molar-refractivity contribution is 0.250. The number of pyridine rings is 1. The van der Waals surface area contributed by atoms with Gasteiger partial charge in [0, 0.05) is 24.8 Å². The van der Waals surface area contributed by atoms with Crippen molar-refractivity contribution in [2.24, 2.45) is 0 Å². The van der Waals surface area contributed by atoms with Crippen LogP contribution in [-0.2, 0) is 6.54 Å². The minimum atomic E-state index is -0.242. The van der Waals surface area contributed by atoms with E-state index in [1.165, 1.54) is 12.1 Å². The van der Waals surface area contributed by atoms with Crippen molar-refractivity contribution in [1.82, 2.24) is 14.3 Å². The molecule has 0 radical (unpaired) electrons. The third-order valence-corrected chi connectivity index (χ3v) is 4.36. The topological polar surface area (TPSA) is 37.6 Å². The van der Waals surface area contributed by atoms with Crippen molar-refractivity contribution in [3.05, 3.63) is 81.7 Å². The normalized spacial score (nSPS) is 12.7. The molecule has 0 unspecified atom stereocenters. The van der Waals surface area contributed by atoms with Crippen LogP contribution < -0.4 is 5.56 Å². The zero-order valence-corrected chi connectivity index (χ0v) is 14.0. The fourth-order valence-corrected chi connectivity index (χ4v) is 2.78. The third kappa shape index (κ3) is 3.21. The molecule has 124 valence electrons. The molecule has 0 saturated carbocycles. The van der Waals surface area contributed by atoms with E-state index in [0.29, 0.717) is 12.2 Å². The largest absolute Gasteiger partial charge is 0.294 e. The highest BCUT2D eigenvalue weighted by Gasteiger charge is 2.14. The Morgan fingerprint density at radius 3 is 2.67 bits per heavy atom. The standard InChI is InChI=1S/C19H20FN3O/c1-13-5-4-10-23-18(24)11-17(21-19(13)23)12-22(3)14(2)15-6-8-16(20)9-7-15/h4-11,14H,12H2,1-3H3/t14-/m1/s1. The number of hydrogen-bond acceptors (Lipinski definition) is 3. The Labute approximate surface area is 140 Å². The van der Waals surface area contributed by atoms with E-state index in [2.05, 4.69) is 9.88 Å². The maximum Gasteiger partial charge on any atom is 0.258 e. The van der Waals surface area contributed by atoms with Crippen LogP contribution in [0.4, 0.5) is 4.39 Å². The zero-order valence-electron chi connectivity index (χ0n) is 14.0. The maximum atomic E-state index is 13.1. The lowest BCUT2D eigenvalue weighted by Gasteiger charge is -2.24. The van der Waals surface area contributed by atoms with Crippen LogP contribution in [0.25, 0.3) is 5.65 Å². The second kappa shape index (κ2) is 6.53. The second-order valence-electron chi connectivity index (χ2n) is 6.11. The fraction of sp³-hybridized carbons (Fsp3) is 0.263. The van der Waals surface area contributed by atoms with E-state index in [4.69, 9.17) is 0 Å². The number of aryl methyl sites for hydroxylation is 1. The summed E-state index contributed by atoms with van der Waals surface area (Å²) < 4.78 is 14.6. The first-order chi connectivity index (χ1) is 11.5. The van der Waals surface area contributed by atoms with E-state index < -0.39 is 0 Å². The second-order valence-corrected chi connectivity index (χ2v) is 6.11. The summed E-state index contributed by atoms with van der Waals surface area (Å²) in [7, 11) is 1.97. The first-order valence-corrected chi connectivity index (χ1v) is 7.89. The zero-order chi connectivity index (χ0) is 17.3. The highest BCUT2D eigenvalue weighted by molar-refractivity contribution is 5.46. The summed E-state index contributed by atoms with van der Waals surface area (Å²) in [6, 6.07) is 11.9. The van der Waals surface area contributed by atoms with Crippen LogP contribution >= 0.6 is 0 Å². The number of benzene rings is 1. The van der Waals surface area contributed by atoms with Crippen molar-refractivity contribution in [3.8, 4) is 0 Å². The molecule has 0 bridgehead atoms. The molecular weight excluding hydrogens is 305 g/mol. The molecule has 0 spiro atoms. The maximum absolute atomic E-state index is 13.1. The lowest BCUT2D eigenvalue weighted by atomic mass is 10.1. The molecule has 0 N–H and O–H groups in total. The van der Waals surface area contributed by atoms with Crippen LogP contribution in [0.2, 0.25) is 0 Å². The van der Waals surface area contributed by atoms with Gasteiger partial charge in [0.1, 0.15) is 11.5 Å². The minimum Gasteiger partial charge on any atom is -0.294 e. The Morgan fingerprint density at radius 2 is 1.96 bits per heavy atom. The van der Waals surface area contributed by atoms with Gasteiger partial charge in [0.15, 0.2) is 0 Å². The molecule has 5 heteroatoms. The average Bonchev–Trinajstić information content (AvgIpc) is 2.56. The molecule has 2 heterocycles. The van der Waals surface area contributed by atoms with Gasteiger partial charge in [0.05, 0.1) is 5.69 Å². The molecule has 0 aliphatic carbocycles. The van der Waals surface area contributed by atoms with Crippen molar-refractivity contribution >= 4 is 5.65 Å². The molecule has 3 aromatic rings. The van der Waals surface area contributed by atoms with Crippen LogP contribution in [0, 0.1) is 12.7 Å². The van der Waals surface area contributed by atoms with E-state index in [-0.39, 0.29) is 17.4 Å². The monoisotopic (exact) mass is 325 g/mol. The van der Waals surface area contributed by atoms with Crippen LogP contribution in [0.15, 0.2) is 53.5 Å². The van der Waals surface area contributed by atoms with Crippen molar-refractivity contribution in [2.75, 3.05) is 7.05 Å². The quantitative estimate of drug-likeness (QED) is 0.738. The number of aromatic nitrogens is 2. The summed E-state index contributed by atoms with van der Waals surface area (Å²) in [6.45, 7) is 4.53. The molecule has 0 fully saturated rings. The molecule has 0 aliphatic heterocycles. The molecule has 1 atom stereocenters. The van der Waals surface area contributed by atoms with Gasteiger partial charge in [0.2, 0.25) is 0 Å². The van der Waals surface area contributed by atoms with Crippen LogP contribution in [-0.4, -0.2) is 21.3 Å². The van der Waals surface area contributed by atoms with Gasteiger partial charge in [-0.15, -0.1) is 0 Å². The van der Waals surface area contributed by atoms with E-state index in [1.807, 2.05) is 33.0 Å². The predicted octanol–water partition coefficient (Wildman–Crippen LogP) is 3.34. The van der Waals surface area contributed by atoms with Crippen LogP contribution in [0.3, 0.4) is 0 Å². The van der Waals surface area contributed by atoms with Gasteiger partial charge >= 0.3 is 0 Å². The van der Waals surface area contributed by atoms with E-state index in [9.17, 15) is 9.18 Å². The van der Waals surface area contributed by atoms with Crippen LogP contribution in [0.5, 0.6) is 0 Å². The molecule has 4 nitrogen and oxygen atoms in total. The first kappa shape index (κ1) is 16.3. The third-order valence-electron chi connectivity index (χ3n) is 4.36. The van der Waals surface area contributed by atoms with Crippen molar-refractivity contribution in [2.45, 2.75) is 26.4 Å². The van der Waals surface area contributed by atoms with Gasteiger partial charge in [-0.3, -0.25) is 14.1 Å². The summed E-state index contributed by atoms with van der Waals surface area (Å²) in [5.74, 6) is -0.242. The molecular formula is C19H20FN3O. The van der Waals surface area contributed by atoms with Gasteiger partial charge < -0.3 is 0 Å². The van der Waals surface area contributed by atoms with Gasteiger partial charge in [0.25, 0.3) is 5.56 Å². The number of fused-ring (bicyclic) bond motifs is 1. The minimum absolute atomic E-state index is 0.0819. The molecule has 2 aromatic heterocycles. The molecule has 24 heavy (non-hydrogen) atoms. The summed E-state index contributed by atoms with van der Waals surface area (Å²) in [6.07, 6.45) is 1.73. The molecule has 1 aromatic carbocycles. The summed E-state index contributed by atoms with van der Waals surface area (Å²) in [5.41, 5.74) is 3.31. The number of rotatable bonds is 4. The van der Waals surface area contributed by atoms with E-state index in [0.717, 1.165) is 16.8 Å². The Hall–Kier alpha value is -2.53. The lowest BCUT2D eigenvalue weighted by Crippen LogP contribution is -2.24. The SMILES string of the molecule is Cc1cccn2c(=O)cc(CN(C)[C@H](C)c3ccc(F)cc3)nc12. The van der Waals surface area contributed by atoms with Crippen molar-refractivity contribution < 1.29 is 4.39 Å². The highest BCUT2D eigenvalue weighted by Crippen LogP contribution is 2.20. The summed E-state index contributed by atoms with van der Waals surface area (Å²) in [5, 5.41) is 0. The number of nitrogens with zero attached hydrogens (tertiary/aromatic N) is 3. The van der Waals surface area contributed by atoms with E-state index >= 15 is 0 Å². The van der Waals surface area contributed by atoms with E-state index in [1.54, 1.807) is 28.8 Å². The molecule has 0 amide bonds. The number of halogens is 1. The van der Waals surface area contributed by atoms with Crippen molar-refractivity contribution in [1.29, 1.82) is 0 Å². The average molecular weight is 325 g/mol. The first-order valence-electron chi connectivity index (χ1n) is 7.89. The fourth-order valence-electron chi connectivity index (χ4n) is 2.78. The highest BCUT2D eigenvalue weighted by atomic mass is 19.1. The van der Waals surface area contributed by atoms with Gasteiger partial charge in [-0.2, -0.15) is 0 Å². The Bertz CT molecular complexity index is 918. The molecule has 3 rings (SSSR count). The van der Waals surface area contributed by atoms with Gasteiger partial charge in [-0.05, 0) is 50.2 Å².